The zero-order valence-corrected chi connectivity index (χ0v) is 17.0. The van der Waals surface area contributed by atoms with E-state index in [1.54, 1.807) is 6.92 Å². The van der Waals surface area contributed by atoms with E-state index in [-0.39, 0.29) is 38.9 Å². The number of hydrogen-bond donors (Lipinski definition) is 2. The Hall–Kier alpha value is -1.38. The number of nitrogens with zero attached hydrogens (tertiary/aromatic N) is 2. The SMILES string of the molecule is C[C@@H]1C[C@@H](S(=O)(=O)CC2CC2)CN1C(=O)C1(C(F)(F)F)CC1.N#CC1(NO)CC1.[HH]. The third kappa shape index (κ3) is 4.54. The van der Waals surface area contributed by atoms with Crippen LogP contribution in [0.5, 0.6) is 0 Å². The minimum atomic E-state index is -4.55. The molecule has 1 saturated heterocycles. The normalized spacial score (nSPS) is 29.4. The average Bonchev–Trinajstić information content (AvgIpc) is 3.50. The molecule has 4 fully saturated rings. The molecule has 166 valence electrons. The molecular formula is C18H28F3N3O4S. The maximum Gasteiger partial charge on any atom is 0.403 e. The molecule has 29 heavy (non-hydrogen) atoms. The number of likely N-dealkylation sites (tertiary alicyclic amines) is 1. The van der Waals surface area contributed by atoms with Gasteiger partial charge in [-0.1, -0.05) is 0 Å². The summed E-state index contributed by atoms with van der Waals surface area (Å²) < 4.78 is 63.8. The second kappa shape index (κ2) is 7.39. The van der Waals surface area contributed by atoms with E-state index >= 15 is 0 Å². The van der Waals surface area contributed by atoms with Crippen molar-refractivity contribution in [2.75, 3.05) is 12.3 Å². The van der Waals surface area contributed by atoms with Gasteiger partial charge >= 0.3 is 6.18 Å². The predicted molar refractivity (Wildman–Crippen MR) is 98.4 cm³/mol. The van der Waals surface area contributed by atoms with E-state index in [9.17, 15) is 26.4 Å². The lowest BCUT2D eigenvalue weighted by Gasteiger charge is -2.28. The summed E-state index contributed by atoms with van der Waals surface area (Å²) in [6.45, 7) is 1.55. The Kier molecular flexibility index (Phi) is 5.69. The molecule has 7 nitrogen and oxygen atoms in total. The first-order chi connectivity index (χ1) is 13.4. The number of amides is 1. The summed E-state index contributed by atoms with van der Waals surface area (Å²) in [6.07, 6.45) is -1.30. The number of hydrogen-bond acceptors (Lipinski definition) is 6. The van der Waals surface area contributed by atoms with Crippen LogP contribution in [-0.2, 0) is 14.6 Å². The van der Waals surface area contributed by atoms with Crippen molar-refractivity contribution in [3.8, 4) is 6.07 Å². The van der Waals surface area contributed by atoms with Gasteiger partial charge in [-0.25, -0.2) is 8.42 Å². The summed E-state index contributed by atoms with van der Waals surface area (Å²) >= 11 is 0. The highest BCUT2D eigenvalue weighted by atomic mass is 32.2. The monoisotopic (exact) mass is 439 g/mol. The van der Waals surface area contributed by atoms with Crippen LogP contribution in [0.1, 0.15) is 53.3 Å². The highest BCUT2D eigenvalue weighted by Gasteiger charge is 2.70. The molecule has 0 unspecified atom stereocenters. The Morgan fingerprint density at radius 2 is 1.90 bits per heavy atom. The maximum absolute atomic E-state index is 13.1. The van der Waals surface area contributed by atoms with Gasteiger partial charge in [0.15, 0.2) is 9.84 Å². The predicted octanol–water partition coefficient (Wildman–Crippen LogP) is 2.41. The smallest absolute Gasteiger partial charge is 0.338 e. The standard InChI is InChI=1S/C14H20F3NO3S.C4H6N2O.H2/c1-9-6-11(22(20,21)8-10-2-3-10)7-18(9)12(19)13(4-5-13)14(15,16)17;5-3-4(6-7)1-2-4;/h9-11H,2-8H2,1H3;6-7H,1-2H2;1H/t9-,11-;;/m1../s1. The lowest BCUT2D eigenvalue weighted by atomic mass is 10.0. The molecule has 3 saturated carbocycles. The van der Waals surface area contributed by atoms with Crippen LogP contribution in [0.3, 0.4) is 0 Å². The van der Waals surface area contributed by atoms with Gasteiger partial charge in [-0.05, 0) is 57.8 Å². The second-order valence-electron chi connectivity index (χ2n) is 8.82. The van der Waals surface area contributed by atoms with Gasteiger partial charge < -0.3 is 10.1 Å². The Balaban J connectivity index is 0.000000341. The maximum atomic E-state index is 13.1. The van der Waals surface area contributed by atoms with Crippen LogP contribution in [-0.4, -0.2) is 59.7 Å². The van der Waals surface area contributed by atoms with Crippen LogP contribution >= 0.6 is 0 Å². The number of carbonyl (C=O) groups excluding carboxylic acids is 1. The van der Waals surface area contributed by atoms with Gasteiger partial charge in [0.1, 0.15) is 11.0 Å². The third-order valence-electron chi connectivity index (χ3n) is 6.35. The Morgan fingerprint density at radius 1 is 1.31 bits per heavy atom. The number of alkyl halides is 3. The molecule has 0 radical (unpaired) electrons. The van der Waals surface area contributed by atoms with Crippen molar-refractivity contribution >= 4 is 15.7 Å². The number of carbonyl (C=O) groups is 1. The second-order valence-corrected chi connectivity index (χ2v) is 11.1. The fourth-order valence-electron chi connectivity index (χ4n) is 3.67. The molecule has 2 N–H and O–H groups in total. The summed E-state index contributed by atoms with van der Waals surface area (Å²) in [6, 6.07) is 1.49. The molecule has 0 spiro atoms. The molecule has 0 aromatic carbocycles. The van der Waals surface area contributed by atoms with E-state index in [1.165, 1.54) is 0 Å². The summed E-state index contributed by atoms with van der Waals surface area (Å²) in [7, 11) is -3.33. The molecule has 0 bridgehead atoms. The topological polar surface area (TPSA) is 111 Å². The highest BCUT2D eigenvalue weighted by Crippen LogP contribution is 2.59. The van der Waals surface area contributed by atoms with Crippen LogP contribution < -0.4 is 5.48 Å². The van der Waals surface area contributed by atoms with Gasteiger partial charge in [0.2, 0.25) is 5.91 Å². The first-order valence-electron chi connectivity index (χ1n) is 9.82. The van der Waals surface area contributed by atoms with Crippen LogP contribution in [0.15, 0.2) is 0 Å². The first-order valence-corrected chi connectivity index (χ1v) is 11.5. The van der Waals surface area contributed by atoms with Crippen molar-refractivity contribution in [3.63, 3.8) is 0 Å². The van der Waals surface area contributed by atoms with Crippen molar-refractivity contribution in [2.24, 2.45) is 11.3 Å². The van der Waals surface area contributed by atoms with E-state index in [4.69, 9.17) is 10.5 Å². The van der Waals surface area contributed by atoms with Crippen molar-refractivity contribution in [3.05, 3.63) is 0 Å². The molecule has 1 amide bonds. The molecular weight excluding hydrogens is 411 g/mol. The molecule has 1 aliphatic heterocycles. The van der Waals surface area contributed by atoms with Gasteiger partial charge in [0.05, 0.1) is 17.1 Å². The fourth-order valence-corrected chi connectivity index (χ4v) is 5.89. The quantitative estimate of drug-likeness (QED) is 0.637. The number of nitrogens with one attached hydrogen (secondary N) is 1. The van der Waals surface area contributed by atoms with Gasteiger partial charge in [0, 0.05) is 14.0 Å². The minimum Gasteiger partial charge on any atom is -0.338 e. The van der Waals surface area contributed by atoms with Crippen molar-refractivity contribution in [1.29, 1.82) is 5.26 Å². The zero-order valence-electron chi connectivity index (χ0n) is 16.2. The summed E-state index contributed by atoms with van der Waals surface area (Å²) in [5, 5.41) is 15.7. The number of rotatable bonds is 5. The highest BCUT2D eigenvalue weighted by molar-refractivity contribution is 7.92. The molecule has 2 atom stereocenters. The number of hydroxylamine groups is 1. The number of nitriles is 1. The lowest BCUT2D eigenvalue weighted by molar-refractivity contribution is -0.198. The van der Waals surface area contributed by atoms with Crippen LogP contribution in [0.25, 0.3) is 0 Å². The van der Waals surface area contributed by atoms with Crippen molar-refractivity contribution < 1.29 is 33.0 Å². The molecule has 11 heteroatoms. The van der Waals surface area contributed by atoms with Gasteiger partial charge in [-0.15, -0.1) is 0 Å². The zero-order chi connectivity index (χ0) is 21.7. The molecule has 3 aliphatic carbocycles. The largest absolute Gasteiger partial charge is 0.403 e. The Morgan fingerprint density at radius 3 is 2.24 bits per heavy atom. The van der Waals surface area contributed by atoms with E-state index in [2.05, 4.69) is 0 Å². The number of sulfone groups is 1. The summed E-state index contributed by atoms with van der Waals surface area (Å²) in [5.41, 5.74) is -0.868. The molecule has 1 heterocycles. The minimum absolute atomic E-state index is 0. The summed E-state index contributed by atoms with van der Waals surface area (Å²) in [4.78, 5) is 13.5. The first kappa shape index (κ1) is 22.3. The van der Waals surface area contributed by atoms with E-state index in [0.717, 1.165) is 30.6 Å². The molecule has 4 rings (SSSR count). The molecule has 4 aliphatic rings. The van der Waals surface area contributed by atoms with Gasteiger partial charge in [-0.2, -0.15) is 23.9 Å². The lowest BCUT2D eigenvalue weighted by Crippen LogP contribution is -2.46. The molecule has 0 aromatic heterocycles. The summed E-state index contributed by atoms with van der Waals surface area (Å²) in [5.74, 6) is -0.622. The Labute approximate surface area is 169 Å². The number of halogens is 3. The van der Waals surface area contributed by atoms with E-state index < -0.39 is 44.2 Å². The van der Waals surface area contributed by atoms with Crippen molar-refractivity contribution in [1.82, 2.24) is 10.4 Å². The average molecular weight is 440 g/mol. The van der Waals surface area contributed by atoms with Gasteiger partial charge in [-0.3, -0.25) is 4.79 Å². The molecule has 0 aromatic rings. The third-order valence-corrected chi connectivity index (χ3v) is 8.64. The fraction of sp³-hybridized carbons (Fsp3) is 0.889. The van der Waals surface area contributed by atoms with Crippen LogP contribution in [0.4, 0.5) is 13.2 Å². The Bertz CT molecular complexity index is 802. The van der Waals surface area contributed by atoms with Crippen LogP contribution in [0, 0.1) is 22.7 Å². The van der Waals surface area contributed by atoms with Crippen LogP contribution in [0.2, 0.25) is 0 Å². The van der Waals surface area contributed by atoms with Gasteiger partial charge in [0.25, 0.3) is 0 Å². The van der Waals surface area contributed by atoms with E-state index in [0.29, 0.717) is 0 Å². The van der Waals surface area contributed by atoms with E-state index in [1.807, 2.05) is 11.5 Å². The van der Waals surface area contributed by atoms with Crippen molar-refractivity contribution in [2.45, 2.75) is 74.9 Å².